The third-order valence-electron chi connectivity index (χ3n) is 6.26. The van der Waals surface area contributed by atoms with Crippen LogP contribution in [0.3, 0.4) is 0 Å². The summed E-state index contributed by atoms with van der Waals surface area (Å²) in [4.78, 5) is 17.7. The summed E-state index contributed by atoms with van der Waals surface area (Å²) in [5, 5.41) is 8.96. The van der Waals surface area contributed by atoms with Gasteiger partial charge in [0.05, 0.1) is 0 Å². The standard InChI is InChI=1S/C27H30N4O2S/c1-3-4-15-34-27-29-26-28-22-9-6-10-23(32)24(22)25(31(26)30-27)20-11-13-21(14-12-20)33-17-19-8-5-7-18(2)16-19/h5,7-8,11-14,16,25H,3-4,6,9-10,15,17H2,1-2H3,(H,28,29,30). The van der Waals surface area contributed by atoms with Gasteiger partial charge in [-0.15, -0.1) is 5.10 Å². The van der Waals surface area contributed by atoms with Crippen LogP contribution in [0.1, 0.15) is 61.8 Å². The van der Waals surface area contributed by atoms with E-state index in [-0.39, 0.29) is 11.8 Å². The first-order valence-corrected chi connectivity index (χ1v) is 13.0. The van der Waals surface area contributed by atoms with Crippen molar-refractivity contribution in [3.8, 4) is 5.75 Å². The van der Waals surface area contributed by atoms with Gasteiger partial charge in [-0.25, -0.2) is 4.68 Å². The highest BCUT2D eigenvalue weighted by molar-refractivity contribution is 7.99. The normalized spacial score (nSPS) is 17.2. The zero-order valence-corrected chi connectivity index (χ0v) is 20.5. The molecule has 0 amide bonds. The molecule has 1 aromatic heterocycles. The van der Waals surface area contributed by atoms with Crippen molar-refractivity contribution in [2.75, 3.05) is 11.1 Å². The van der Waals surface area contributed by atoms with E-state index in [2.05, 4.69) is 37.4 Å². The number of hydrogen-bond acceptors (Lipinski definition) is 6. The first-order valence-electron chi connectivity index (χ1n) is 12.0. The minimum Gasteiger partial charge on any atom is -0.489 e. The van der Waals surface area contributed by atoms with Crippen molar-refractivity contribution in [1.29, 1.82) is 0 Å². The van der Waals surface area contributed by atoms with Crippen LogP contribution in [0.4, 0.5) is 5.95 Å². The number of thioether (sulfide) groups is 1. The van der Waals surface area contributed by atoms with Gasteiger partial charge in [0.25, 0.3) is 0 Å². The zero-order valence-electron chi connectivity index (χ0n) is 19.7. The van der Waals surface area contributed by atoms with E-state index in [4.69, 9.17) is 14.8 Å². The molecule has 2 aliphatic rings. The minimum absolute atomic E-state index is 0.194. The summed E-state index contributed by atoms with van der Waals surface area (Å²) in [6.07, 6.45) is 4.58. The topological polar surface area (TPSA) is 69.0 Å². The third kappa shape index (κ3) is 4.75. The van der Waals surface area contributed by atoms with Crippen molar-refractivity contribution in [3.05, 3.63) is 76.5 Å². The van der Waals surface area contributed by atoms with Crippen molar-refractivity contribution >= 4 is 23.5 Å². The number of fused-ring (bicyclic) bond motifs is 1. The van der Waals surface area contributed by atoms with Gasteiger partial charge in [0, 0.05) is 23.4 Å². The average Bonchev–Trinajstić information content (AvgIpc) is 3.24. The first-order chi connectivity index (χ1) is 16.6. The Morgan fingerprint density at radius 2 is 2.03 bits per heavy atom. The van der Waals surface area contributed by atoms with Crippen LogP contribution in [0.25, 0.3) is 0 Å². The first kappa shape index (κ1) is 22.7. The van der Waals surface area contributed by atoms with Crippen molar-refractivity contribution in [2.45, 2.75) is 63.8 Å². The number of aromatic nitrogens is 3. The molecule has 176 valence electrons. The molecule has 1 aliphatic carbocycles. The summed E-state index contributed by atoms with van der Waals surface area (Å²) in [6, 6.07) is 16.1. The Kier molecular flexibility index (Phi) is 6.72. The third-order valence-corrected chi connectivity index (χ3v) is 7.19. The summed E-state index contributed by atoms with van der Waals surface area (Å²) < 4.78 is 7.90. The highest BCUT2D eigenvalue weighted by Crippen LogP contribution is 2.40. The predicted molar refractivity (Wildman–Crippen MR) is 135 cm³/mol. The van der Waals surface area contributed by atoms with E-state index >= 15 is 0 Å². The molecule has 5 rings (SSSR count). The Morgan fingerprint density at radius 1 is 1.18 bits per heavy atom. The fourth-order valence-electron chi connectivity index (χ4n) is 4.53. The Morgan fingerprint density at radius 3 is 2.82 bits per heavy atom. The molecule has 0 saturated heterocycles. The number of nitrogens with one attached hydrogen (secondary N) is 1. The molecule has 1 aliphatic heterocycles. The van der Waals surface area contributed by atoms with Gasteiger partial charge in [-0.2, -0.15) is 4.98 Å². The Balaban J connectivity index is 1.41. The molecule has 2 aromatic carbocycles. The lowest BCUT2D eigenvalue weighted by Gasteiger charge is -2.32. The van der Waals surface area contributed by atoms with Gasteiger partial charge in [0.15, 0.2) is 5.78 Å². The van der Waals surface area contributed by atoms with Gasteiger partial charge in [0.2, 0.25) is 11.1 Å². The number of rotatable bonds is 8. The number of nitrogens with zero attached hydrogens (tertiary/aromatic N) is 3. The lowest BCUT2D eigenvalue weighted by atomic mass is 9.85. The number of benzene rings is 2. The van der Waals surface area contributed by atoms with E-state index < -0.39 is 0 Å². The van der Waals surface area contributed by atoms with Gasteiger partial charge >= 0.3 is 0 Å². The molecule has 3 aromatic rings. The number of unbranched alkanes of at least 4 members (excludes halogenated alkanes) is 1. The number of anilines is 1. The van der Waals surface area contributed by atoms with Crippen LogP contribution in [0, 0.1) is 6.92 Å². The molecule has 1 unspecified atom stereocenters. The van der Waals surface area contributed by atoms with E-state index in [1.807, 2.05) is 35.0 Å². The molecule has 34 heavy (non-hydrogen) atoms. The summed E-state index contributed by atoms with van der Waals surface area (Å²) >= 11 is 1.67. The van der Waals surface area contributed by atoms with Crippen LogP contribution in [0.2, 0.25) is 0 Å². The van der Waals surface area contributed by atoms with E-state index in [1.54, 1.807) is 11.8 Å². The van der Waals surface area contributed by atoms with Crippen molar-refractivity contribution in [2.24, 2.45) is 0 Å². The number of carbonyl (C=O) groups is 1. The van der Waals surface area contributed by atoms with Gasteiger partial charge < -0.3 is 10.1 Å². The SMILES string of the molecule is CCCCSc1nc2n(n1)C(c1ccc(OCc3cccc(C)c3)cc1)C1=C(CCCC1=O)N2. The smallest absolute Gasteiger partial charge is 0.227 e. The van der Waals surface area contributed by atoms with Gasteiger partial charge in [-0.3, -0.25) is 4.79 Å². The van der Waals surface area contributed by atoms with Crippen LogP contribution in [0.5, 0.6) is 5.75 Å². The summed E-state index contributed by atoms with van der Waals surface area (Å²) in [6.45, 7) is 4.79. The second kappa shape index (κ2) is 10.1. The molecule has 6 nitrogen and oxygen atoms in total. The molecule has 1 atom stereocenters. The summed E-state index contributed by atoms with van der Waals surface area (Å²) in [5.41, 5.74) is 5.20. The fraction of sp³-hybridized carbons (Fsp3) is 0.370. The van der Waals surface area contributed by atoms with Crippen LogP contribution in [-0.2, 0) is 11.4 Å². The second-order valence-electron chi connectivity index (χ2n) is 8.91. The molecule has 0 spiro atoms. The van der Waals surface area contributed by atoms with Crippen LogP contribution < -0.4 is 10.1 Å². The molecular formula is C27H30N4O2S. The lowest BCUT2D eigenvalue weighted by molar-refractivity contribution is -0.116. The van der Waals surface area contributed by atoms with Gasteiger partial charge in [0.1, 0.15) is 18.4 Å². The highest BCUT2D eigenvalue weighted by Gasteiger charge is 2.36. The Bertz CT molecular complexity index is 1220. The molecule has 0 saturated carbocycles. The number of carbonyl (C=O) groups excluding carboxylic acids is 1. The Hall–Kier alpha value is -3.06. The number of allylic oxidation sites excluding steroid dienone is 2. The van der Waals surface area contributed by atoms with Crippen LogP contribution in [-0.4, -0.2) is 26.3 Å². The summed E-state index contributed by atoms with van der Waals surface area (Å²) in [7, 11) is 0. The number of ketones is 1. The number of ether oxygens (including phenoxy) is 1. The molecule has 1 N–H and O–H groups in total. The molecular weight excluding hydrogens is 444 g/mol. The Labute approximate surface area is 204 Å². The van der Waals surface area contributed by atoms with Crippen molar-refractivity contribution < 1.29 is 9.53 Å². The molecule has 2 heterocycles. The monoisotopic (exact) mass is 474 g/mol. The maximum absolute atomic E-state index is 13.0. The quantitative estimate of drug-likeness (QED) is 0.315. The largest absolute Gasteiger partial charge is 0.489 e. The molecule has 0 radical (unpaired) electrons. The molecule has 7 heteroatoms. The van der Waals surface area contributed by atoms with E-state index in [0.29, 0.717) is 13.0 Å². The van der Waals surface area contributed by atoms with E-state index in [0.717, 1.165) is 70.7 Å². The maximum Gasteiger partial charge on any atom is 0.227 e. The van der Waals surface area contributed by atoms with E-state index in [9.17, 15) is 4.79 Å². The summed E-state index contributed by atoms with van der Waals surface area (Å²) in [5.74, 6) is 2.71. The predicted octanol–water partition coefficient (Wildman–Crippen LogP) is 6.08. The number of Topliss-reactive ketones (excluding diaryl/α,β-unsaturated/α-hetero) is 1. The zero-order chi connectivity index (χ0) is 23.5. The fourth-order valence-corrected chi connectivity index (χ4v) is 5.44. The van der Waals surface area contributed by atoms with Crippen molar-refractivity contribution in [3.63, 3.8) is 0 Å². The number of aryl methyl sites for hydroxylation is 1. The maximum atomic E-state index is 13.0. The van der Waals surface area contributed by atoms with Gasteiger partial charge in [-0.1, -0.05) is 67.1 Å². The molecule has 0 bridgehead atoms. The van der Waals surface area contributed by atoms with Crippen LogP contribution >= 0.6 is 11.8 Å². The van der Waals surface area contributed by atoms with Crippen molar-refractivity contribution in [1.82, 2.24) is 14.8 Å². The van der Waals surface area contributed by atoms with Gasteiger partial charge in [-0.05, 0) is 49.4 Å². The average molecular weight is 475 g/mol. The van der Waals surface area contributed by atoms with E-state index in [1.165, 1.54) is 5.56 Å². The second-order valence-corrected chi connectivity index (χ2v) is 9.97. The number of hydrogen-bond donors (Lipinski definition) is 1. The van der Waals surface area contributed by atoms with Crippen LogP contribution in [0.15, 0.2) is 65.0 Å². The lowest BCUT2D eigenvalue weighted by Crippen LogP contribution is -2.31. The highest BCUT2D eigenvalue weighted by atomic mass is 32.2. The molecule has 0 fully saturated rings. The minimum atomic E-state index is -0.266.